The standard InChI is InChI=1S/C15H28N2O2.ClH/c18-15(12-16-11-13-7-8-13)17-9-10-19-14-5-3-1-2-4-6-14;/h13-14,16H,1-12H2,(H,17,18);1H. The van der Waals surface area contributed by atoms with Crippen molar-refractivity contribution < 1.29 is 9.53 Å². The smallest absolute Gasteiger partial charge is 0.234 e. The Morgan fingerprint density at radius 3 is 2.40 bits per heavy atom. The van der Waals surface area contributed by atoms with E-state index in [-0.39, 0.29) is 18.3 Å². The van der Waals surface area contributed by atoms with E-state index in [0.29, 0.717) is 25.8 Å². The summed E-state index contributed by atoms with van der Waals surface area (Å²) in [4.78, 5) is 11.5. The maximum absolute atomic E-state index is 11.5. The highest BCUT2D eigenvalue weighted by molar-refractivity contribution is 5.85. The van der Waals surface area contributed by atoms with Crippen LogP contribution in [0.25, 0.3) is 0 Å². The van der Waals surface area contributed by atoms with Crippen molar-refractivity contribution in [2.24, 2.45) is 5.92 Å². The molecule has 0 heterocycles. The first kappa shape index (κ1) is 17.7. The maximum atomic E-state index is 11.5. The Hall–Kier alpha value is -0.320. The molecule has 5 heteroatoms. The van der Waals surface area contributed by atoms with Crippen LogP contribution in [0.4, 0.5) is 0 Å². The second-order valence-electron chi connectivity index (χ2n) is 5.91. The summed E-state index contributed by atoms with van der Waals surface area (Å²) < 4.78 is 5.83. The second kappa shape index (κ2) is 10.4. The van der Waals surface area contributed by atoms with Gasteiger partial charge in [-0.05, 0) is 38.1 Å². The molecule has 20 heavy (non-hydrogen) atoms. The van der Waals surface area contributed by atoms with Crippen LogP contribution in [-0.4, -0.2) is 38.3 Å². The highest BCUT2D eigenvalue weighted by Crippen LogP contribution is 2.27. The quantitative estimate of drug-likeness (QED) is 0.534. The molecule has 0 radical (unpaired) electrons. The molecule has 2 saturated carbocycles. The first-order chi connectivity index (χ1) is 9.34. The van der Waals surface area contributed by atoms with Crippen LogP contribution in [0.1, 0.15) is 51.4 Å². The average Bonchev–Trinajstić information content (AvgIpc) is 3.22. The molecule has 0 aliphatic heterocycles. The van der Waals surface area contributed by atoms with Crippen molar-refractivity contribution >= 4 is 18.3 Å². The van der Waals surface area contributed by atoms with E-state index >= 15 is 0 Å². The van der Waals surface area contributed by atoms with Gasteiger partial charge in [-0.2, -0.15) is 0 Å². The normalized spacial score (nSPS) is 20.0. The lowest BCUT2D eigenvalue weighted by Crippen LogP contribution is -2.36. The van der Waals surface area contributed by atoms with Crippen molar-refractivity contribution in [1.82, 2.24) is 10.6 Å². The average molecular weight is 305 g/mol. The van der Waals surface area contributed by atoms with Gasteiger partial charge < -0.3 is 15.4 Å². The van der Waals surface area contributed by atoms with Crippen LogP contribution in [0, 0.1) is 5.92 Å². The van der Waals surface area contributed by atoms with Gasteiger partial charge in [-0.3, -0.25) is 4.79 Å². The second-order valence-corrected chi connectivity index (χ2v) is 5.91. The van der Waals surface area contributed by atoms with Gasteiger partial charge in [0.25, 0.3) is 0 Å². The Morgan fingerprint density at radius 1 is 1.05 bits per heavy atom. The number of halogens is 1. The zero-order valence-corrected chi connectivity index (χ0v) is 13.2. The van der Waals surface area contributed by atoms with Crippen LogP contribution >= 0.6 is 12.4 Å². The fourth-order valence-corrected chi connectivity index (χ4v) is 2.60. The van der Waals surface area contributed by atoms with Gasteiger partial charge in [-0.25, -0.2) is 0 Å². The third kappa shape index (κ3) is 8.08. The molecule has 0 bridgehead atoms. The van der Waals surface area contributed by atoms with E-state index in [1.54, 1.807) is 0 Å². The lowest BCUT2D eigenvalue weighted by atomic mass is 10.1. The number of nitrogens with one attached hydrogen (secondary N) is 2. The summed E-state index contributed by atoms with van der Waals surface area (Å²) in [6, 6.07) is 0. The van der Waals surface area contributed by atoms with Gasteiger partial charge in [0, 0.05) is 6.54 Å². The van der Waals surface area contributed by atoms with Gasteiger partial charge in [0.05, 0.1) is 19.3 Å². The minimum Gasteiger partial charge on any atom is -0.376 e. The van der Waals surface area contributed by atoms with Crippen molar-refractivity contribution in [3.63, 3.8) is 0 Å². The van der Waals surface area contributed by atoms with Crippen molar-refractivity contribution in [1.29, 1.82) is 0 Å². The summed E-state index contributed by atoms with van der Waals surface area (Å²) in [5.74, 6) is 0.913. The summed E-state index contributed by atoms with van der Waals surface area (Å²) in [5.41, 5.74) is 0. The van der Waals surface area contributed by atoms with E-state index in [1.165, 1.54) is 51.4 Å². The molecule has 2 rings (SSSR count). The lowest BCUT2D eigenvalue weighted by Gasteiger charge is -2.15. The van der Waals surface area contributed by atoms with Crippen molar-refractivity contribution in [2.75, 3.05) is 26.2 Å². The van der Waals surface area contributed by atoms with Gasteiger partial charge >= 0.3 is 0 Å². The molecule has 0 saturated heterocycles. The number of rotatable bonds is 8. The SMILES string of the molecule is Cl.O=C(CNCC1CC1)NCCOC1CCCCCC1. The summed E-state index contributed by atoms with van der Waals surface area (Å²) in [7, 11) is 0. The molecule has 1 amide bonds. The molecule has 2 aliphatic carbocycles. The molecule has 0 aromatic rings. The minimum absolute atomic E-state index is 0. The number of ether oxygens (including phenoxy) is 1. The molecule has 118 valence electrons. The van der Waals surface area contributed by atoms with Gasteiger partial charge in [0.2, 0.25) is 5.91 Å². The third-order valence-electron chi connectivity index (χ3n) is 4.00. The predicted molar refractivity (Wildman–Crippen MR) is 83.3 cm³/mol. The number of amides is 1. The summed E-state index contributed by atoms with van der Waals surface area (Å²) >= 11 is 0. The predicted octanol–water partition coefficient (Wildman–Crippen LogP) is 2.26. The summed E-state index contributed by atoms with van der Waals surface area (Å²) in [6.07, 6.45) is 10.7. The molecule has 0 unspecified atom stereocenters. The van der Waals surface area contributed by atoms with Crippen LogP contribution in [-0.2, 0) is 9.53 Å². The van der Waals surface area contributed by atoms with Crippen LogP contribution in [0.3, 0.4) is 0 Å². The molecular formula is C15H29ClN2O2. The van der Waals surface area contributed by atoms with E-state index in [1.807, 2.05) is 0 Å². The Balaban J connectivity index is 0.00000200. The van der Waals surface area contributed by atoms with Crippen LogP contribution < -0.4 is 10.6 Å². The first-order valence-corrected chi connectivity index (χ1v) is 7.93. The number of hydrogen-bond donors (Lipinski definition) is 2. The highest BCUT2D eigenvalue weighted by atomic mass is 35.5. The third-order valence-corrected chi connectivity index (χ3v) is 4.00. The lowest BCUT2D eigenvalue weighted by molar-refractivity contribution is -0.120. The molecule has 0 aromatic heterocycles. The highest BCUT2D eigenvalue weighted by Gasteiger charge is 2.20. The summed E-state index contributed by atoms with van der Waals surface area (Å²) in [5, 5.41) is 6.10. The van der Waals surface area contributed by atoms with Gasteiger partial charge in [0.1, 0.15) is 0 Å². The Labute approximate surface area is 128 Å². The molecule has 2 N–H and O–H groups in total. The van der Waals surface area contributed by atoms with Crippen LogP contribution in [0.2, 0.25) is 0 Å². The van der Waals surface area contributed by atoms with Crippen LogP contribution in [0.15, 0.2) is 0 Å². The molecule has 2 fully saturated rings. The molecule has 0 aromatic carbocycles. The molecule has 4 nitrogen and oxygen atoms in total. The van der Waals surface area contributed by atoms with Gasteiger partial charge in [-0.1, -0.05) is 25.7 Å². The van der Waals surface area contributed by atoms with Crippen molar-refractivity contribution in [2.45, 2.75) is 57.5 Å². The van der Waals surface area contributed by atoms with E-state index in [4.69, 9.17) is 4.74 Å². The van der Waals surface area contributed by atoms with E-state index in [9.17, 15) is 4.79 Å². The largest absolute Gasteiger partial charge is 0.376 e. The Morgan fingerprint density at radius 2 is 1.75 bits per heavy atom. The Kier molecular flexibility index (Phi) is 9.23. The molecular weight excluding hydrogens is 276 g/mol. The fourth-order valence-electron chi connectivity index (χ4n) is 2.60. The zero-order chi connectivity index (χ0) is 13.3. The zero-order valence-electron chi connectivity index (χ0n) is 12.4. The van der Waals surface area contributed by atoms with Gasteiger partial charge in [0.15, 0.2) is 0 Å². The molecule has 0 atom stereocenters. The minimum atomic E-state index is 0. The molecule has 2 aliphatic rings. The summed E-state index contributed by atoms with van der Waals surface area (Å²) in [6.45, 7) is 2.73. The monoisotopic (exact) mass is 304 g/mol. The van der Waals surface area contributed by atoms with E-state index in [0.717, 1.165) is 12.5 Å². The van der Waals surface area contributed by atoms with Crippen molar-refractivity contribution in [3.05, 3.63) is 0 Å². The Bertz CT molecular complexity index is 265. The number of carbonyl (C=O) groups excluding carboxylic acids is 1. The first-order valence-electron chi connectivity index (χ1n) is 7.93. The maximum Gasteiger partial charge on any atom is 0.234 e. The number of carbonyl (C=O) groups is 1. The fraction of sp³-hybridized carbons (Fsp3) is 0.933. The van der Waals surface area contributed by atoms with E-state index < -0.39 is 0 Å². The topological polar surface area (TPSA) is 50.4 Å². The van der Waals surface area contributed by atoms with E-state index in [2.05, 4.69) is 10.6 Å². The van der Waals surface area contributed by atoms with Gasteiger partial charge in [-0.15, -0.1) is 12.4 Å². The molecule has 0 spiro atoms. The van der Waals surface area contributed by atoms with Crippen molar-refractivity contribution in [3.8, 4) is 0 Å². The van der Waals surface area contributed by atoms with Crippen LogP contribution in [0.5, 0.6) is 0 Å². The number of hydrogen-bond acceptors (Lipinski definition) is 3.